The lowest BCUT2D eigenvalue weighted by Gasteiger charge is -2.11. The summed E-state index contributed by atoms with van der Waals surface area (Å²) in [6, 6.07) is 0. The normalized spacial score (nSPS) is 12.6. The number of carbonyl (C=O) groups excluding carboxylic acids is 1. The van der Waals surface area contributed by atoms with Crippen molar-refractivity contribution in [2.24, 2.45) is 28.3 Å². The average Bonchev–Trinajstić information content (AvgIpc) is 2.10. The van der Waals surface area contributed by atoms with Crippen LogP contribution in [0.4, 0.5) is 0 Å². The molecule has 0 rings (SSSR count). The van der Waals surface area contributed by atoms with E-state index in [1.165, 1.54) is 0 Å². The summed E-state index contributed by atoms with van der Waals surface area (Å²) in [4.78, 5) is 15.3. The van der Waals surface area contributed by atoms with Crippen molar-refractivity contribution in [3.8, 4) is 0 Å². The van der Waals surface area contributed by atoms with Crippen LogP contribution in [0.2, 0.25) is 0 Å². The molecular weight excluding hydrogens is 178 g/mol. The van der Waals surface area contributed by atoms with E-state index in [1.54, 1.807) is 0 Å². The van der Waals surface area contributed by atoms with Crippen LogP contribution in [0, 0.1) is 11.8 Å². The lowest BCUT2D eigenvalue weighted by molar-refractivity contribution is -0.125. The Labute approximate surface area is 85.8 Å². The van der Waals surface area contributed by atoms with E-state index in [0.29, 0.717) is 12.3 Å². The van der Waals surface area contributed by atoms with E-state index in [0.717, 1.165) is 12.8 Å². The number of guanidine groups is 1. The highest BCUT2D eigenvalue weighted by Crippen LogP contribution is 2.12. The Hall–Kier alpha value is -1.06. The van der Waals surface area contributed by atoms with Crippen molar-refractivity contribution in [3.05, 3.63) is 0 Å². The zero-order valence-corrected chi connectivity index (χ0v) is 9.29. The van der Waals surface area contributed by atoms with Gasteiger partial charge in [-0.1, -0.05) is 20.8 Å². The molecule has 0 saturated heterocycles. The van der Waals surface area contributed by atoms with Gasteiger partial charge in [0, 0.05) is 18.4 Å². The summed E-state index contributed by atoms with van der Waals surface area (Å²) in [5, 5.41) is 0. The molecule has 0 amide bonds. The number of ketones is 1. The summed E-state index contributed by atoms with van der Waals surface area (Å²) in [6.07, 6.45) is 1.71. The predicted octanol–water partition coefficient (Wildman–Crippen LogP) is 0.901. The summed E-state index contributed by atoms with van der Waals surface area (Å²) >= 11 is 0. The molecular formula is C10H21N3O. The van der Waals surface area contributed by atoms with Gasteiger partial charge in [0.25, 0.3) is 0 Å². The number of hydrogen-bond donors (Lipinski definition) is 2. The highest BCUT2D eigenvalue weighted by atomic mass is 16.1. The van der Waals surface area contributed by atoms with E-state index < -0.39 is 0 Å². The van der Waals surface area contributed by atoms with Crippen LogP contribution in [0.15, 0.2) is 4.99 Å². The number of rotatable bonds is 6. The molecule has 0 unspecified atom stereocenters. The van der Waals surface area contributed by atoms with Gasteiger partial charge in [-0.25, -0.2) is 0 Å². The zero-order chi connectivity index (χ0) is 11.1. The lowest BCUT2D eigenvalue weighted by Crippen LogP contribution is -2.23. The van der Waals surface area contributed by atoms with Crippen LogP contribution >= 0.6 is 0 Å². The molecule has 0 aromatic heterocycles. The third-order valence-corrected chi connectivity index (χ3v) is 2.14. The monoisotopic (exact) mass is 199 g/mol. The van der Waals surface area contributed by atoms with E-state index in [9.17, 15) is 4.79 Å². The summed E-state index contributed by atoms with van der Waals surface area (Å²) < 4.78 is 0. The topological polar surface area (TPSA) is 81.5 Å². The molecule has 4 nitrogen and oxygen atoms in total. The number of aliphatic imine (C=N–C) groups is 1. The van der Waals surface area contributed by atoms with E-state index >= 15 is 0 Å². The predicted molar refractivity (Wildman–Crippen MR) is 58.9 cm³/mol. The fraction of sp³-hybridized carbons (Fsp3) is 0.800. The second-order valence-electron chi connectivity index (χ2n) is 3.91. The van der Waals surface area contributed by atoms with Crippen molar-refractivity contribution in [2.45, 2.75) is 33.6 Å². The number of carbonyl (C=O) groups is 1. The minimum Gasteiger partial charge on any atom is -0.370 e. The maximum atomic E-state index is 11.5. The van der Waals surface area contributed by atoms with Crippen LogP contribution in [-0.4, -0.2) is 18.3 Å². The average molecular weight is 199 g/mol. The Morgan fingerprint density at radius 3 is 2.29 bits per heavy atom. The second-order valence-corrected chi connectivity index (χ2v) is 3.91. The molecule has 0 aliphatic carbocycles. The first kappa shape index (κ1) is 12.9. The van der Waals surface area contributed by atoms with Crippen molar-refractivity contribution in [3.63, 3.8) is 0 Å². The van der Waals surface area contributed by atoms with Gasteiger partial charge in [-0.05, 0) is 12.8 Å². The Morgan fingerprint density at radius 2 is 1.86 bits per heavy atom. The fourth-order valence-electron chi connectivity index (χ4n) is 1.32. The largest absolute Gasteiger partial charge is 0.370 e. The van der Waals surface area contributed by atoms with Crippen LogP contribution in [0.5, 0.6) is 0 Å². The molecule has 4 N–H and O–H groups in total. The molecule has 0 fully saturated rings. The molecule has 0 aliphatic rings. The van der Waals surface area contributed by atoms with Gasteiger partial charge in [0.2, 0.25) is 0 Å². The van der Waals surface area contributed by atoms with Crippen LogP contribution in [0.25, 0.3) is 0 Å². The molecule has 0 spiro atoms. The van der Waals surface area contributed by atoms with E-state index in [2.05, 4.69) is 4.99 Å². The SMILES string of the molecule is CC(C)C(=O)[C@@H](C)CCCN=C(N)N. The standard InChI is InChI=1S/C10H21N3O/c1-7(2)9(14)8(3)5-4-6-13-10(11)12/h7-8H,4-6H2,1-3H3,(H4,11,12,13)/t8-/m0/s1. The van der Waals surface area contributed by atoms with Crippen molar-refractivity contribution in [1.82, 2.24) is 0 Å². The molecule has 0 heterocycles. The molecule has 0 radical (unpaired) electrons. The summed E-state index contributed by atoms with van der Waals surface area (Å²) in [7, 11) is 0. The molecule has 0 aliphatic heterocycles. The van der Waals surface area contributed by atoms with Gasteiger partial charge in [-0.15, -0.1) is 0 Å². The third kappa shape index (κ3) is 5.56. The minimum atomic E-state index is 0.115. The fourth-order valence-corrected chi connectivity index (χ4v) is 1.32. The van der Waals surface area contributed by atoms with Crippen molar-refractivity contribution in [2.75, 3.05) is 6.54 Å². The maximum Gasteiger partial charge on any atom is 0.185 e. The number of hydrogen-bond acceptors (Lipinski definition) is 2. The molecule has 0 saturated carbocycles. The first-order valence-corrected chi connectivity index (χ1v) is 5.04. The van der Waals surface area contributed by atoms with Gasteiger partial charge in [0.05, 0.1) is 0 Å². The van der Waals surface area contributed by atoms with Crippen LogP contribution < -0.4 is 11.5 Å². The molecule has 14 heavy (non-hydrogen) atoms. The van der Waals surface area contributed by atoms with Gasteiger partial charge >= 0.3 is 0 Å². The van der Waals surface area contributed by atoms with Gasteiger partial charge in [-0.3, -0.25) is 9.79 Å². The Bertz CT molecular complexity index is 207. The summed E-state index contributed by atoms with van der Waals surface area (Å²) in [6.45, 7) is 6.42. The summed E-state index contributed by atoms with van der Waals surface area (Å²) in [5.41, 5.74) is 10.4. The molecule has 4 heteroatoms. The van der Waals surface area contributed by atoms with E-state index in [1.807, 2.05) is 20.8 Å². The quantitative estimate of drug-likeness (QED) is 0.379. The van der Waals surface area contributed by atoms with E-state index in [-0.39, 0.29) is 17.8 Å². The van der Waals surface area contributed by atoms with Gasteiger partial charge in [-0.2, -0.15) is 0 Å². The number of nitrogens with two attached hydrogens (primary N) is 2. The zero-order valence-electron chi connectivity index (χ0n) is 9.29. The number of nitrogens with zero attached hydrogens (tertiary/aromatic N) is 1. The van der Waals surface area contributed by atoms with Gasteiger partial charge in [0.15, 0.2) is 5.96 Å². The van der Waals surface area contributed by atoms with E-state index in [4.69, 9.17) is 11.5 Å². The highest BCUT2D eigenvalue weighted by molar-refractivity contribution is 5.82. The lowest BCUT2D eigenvalue weighted by atomic mass is 9.93. The van der Waals surface area contributed by atoms with Gasteiger partial charge < -0.3 is 11.5 Å². The highest BCUT2D eigenvalue weighted by Gasteiger charge is 2.15. The van der Waals surface area contributed by atoms with Crippen molar-refractivity contribution >= 4 is 11.7 Å². The van der Waals surface area contributed by atoms with Crippen LogP contribution in [-0.2, 0) is 4.79 Å². The Morgan fingerprint density at radius 1 is 1.29 bits per heavy atom. The first-order chi connectivity index (χ1) is 6.45. The number of Topliss-reactive ketones (excluding diaryl/α,β-unsaturated/α-hetero) is 1. The molecule has 0 aromatic rings. The Kier molecular flexibility index (Phi) is 5.92. The first-order valence-electron chi connectivity index (χ1n) is 5.04. The molecule has 0 bridgehead atoms. The van der Waals surface area contributed by atoms with Crippen molar-refractivity contribution in [1.29, 1.82) is 0 Å². The minimum absolute atomic E-state index is 0.115. The molecule has 82 valence electrons. The third-order valence-electron chi connectivity index (χ3n) is 2.14. The Balaban J connectivity index is 3.69. The summed E-state index contributed by atoms with van der Waals surface area (Å²) in [5.74, 6) is 0.666. The van der Waals surface area contributed by atoms with Crippen LogP contribution in [0.3, 0.4) is 0 Å². The maximum absolute atomic E-state index is 11.5. The smallest absolute Gasteiger partial charge is 0.185 e. The molecule has 1 atom stereocenters. The molecule has 0 aromatic carbocycles. The van der Waals surface area contributed by atoms with Crippen LogP contribution in [0.1, 0.15) is 33.6 Å². The van der Waals surface area contributed by atoms with Crippen molar-refractivity contribution < 1.29 is 4.79 Å². The second kappa shape index (κ2) is 6.40. The van der Waals surface area contributed by atoms with Gasteiger partial charge in [0.1, 0.15) is 5.78 Å².